The molecule has 1 amide bonds. The van der Waals surface area contributed by atoms with Crippen LogP contribution >= 0.6 is 0 Å². The van der Waals surface area contributed by atoms with Gasteiger partial charge in [0, 0.05) is 25.7 Å². The summed E-state index contributed by atoms with van der Waals surface area (Å²) in [5, 5.41) is 9.59. The summed E-state index contributed by atoms with van der Waals surface area (Å²) in [5.74, 6) is 1.32. The Morgan fingerprint density at radius 1 is 1.65 bits per heavy atom. The Bertz CT molecular complexity index is 387. The number of nitrogens with zero attached hydrogens (tertiary/aromatic N) is 2. The molecule has 0 aliphatic heterocycles. The molecule has 0 radical (unpaired) electrons. The zero-order valence-electron chi connectivity index (χ0n) is 10.2. The quantitative estimate of drug-likeness (QED) is 0.769. The number of nitrogens with one attached hydrogen (secondary N) is 2. The van der Waals surface area contributed by atoms with Crippen LogP contribution in [0.2, 0.25) is 0 Å². The van der Waals surface area contributed by atoms with E-state index in [1.54, 1.807) is 7.11 Å². The molecule has 1 unspecified atom stereocenters. The molecule has 6 heteroatoms. The Morgan fingerprint density at radius 2 is 2.41 bits per heavy atom. The van der Waals surface area contributed by atoms with Gasteiger partial charge in [-0.3, -0.25) is 9.89 Å². The second-order valence-corrected chi connectivity index (χ2v) is 4.47. The lowest BCUT2D eigenvalue weighted by molar-refractivity contribution is 0.0919. The average molecular weight is 238 g/mol. The maximum Gasteiger partial charge on any atom is 0.291 e. The first kappa shape index (κ1) is 12.0. The maximum atomic E-state index is 11.8. The monoisotopic (exact) mass is 238 g/mol. The van der Waals surface area contributed by atoms with Gasteiger partial charge in [-0.15, -0.1) is 5.10 Å². The molecule has 17 heavy (non-hydrogen) atoms. The van der Waals surface area contributed by atoms with Crippen molar-refractivity contribution < 1.29 is 9.53 Å². The Kier molecular flexibility index (Phi) is 3.73. The van der Waals surface area contributed by atoms with E-state index in [1.165, 1.54) is 0 Å². The molecular weight excluding hydrogens is 220 g/mol. The van der Waals surface area contributed by atoms with E-state index in [1.807, 2.05) is 6.92 Å². The number of hydrogen-bond acceptors (Lipinski definition) is 4. The highest BCUT2D eigenvalue weighted by atomic mass is 16.5. The van der Waals surface area contributed by atoms with Gasteiger partial charge in [0.05, 0.1) is 0 Å². The number of amides is 1. The number of methoxy groups -OCH3 is 1. The van der Waals surface area contributed by atoms with Gasteiger partial charge in [0.1, 0.15) is 5.82 Å². The van der Waals surface area contributed by atoms with Crippen molar-refractivity contribution in [1.82, 2.24) is 20.5 Å². The van der Waals surface area contributed by atoms with Gasteiger partial charge in [-0.1, -0.05) is 0 Å². The number of aromatic amines is 1. The van der Waals surface area contributed by atoms with Gasteiger partial charge in [-0.25, -0.2) is 4.98 Å². The van der Waals surface area contributed by atoms with Gasteiger partial charge < -0.3 is 10.1 Å². The summed E-state index contributed by atoms with van der Waals surface area (Å²) in [4.78, 5) is 16.0. The van der Waals surface area contributed by atoms with Crippen LogP contribution < -0.4 is 5.32 Å². The zero-order valence-corrected chi connectivity index (χ0v) is 10.2. The molecule has 1 aliphatic carbocycles. The second-order valence-electron chi connectivity index (χ2n) is 4.47. The SMILES string of the molecule is COCCC(C)NC(=O)c1n[nH]c(C2CC2)n1. The van der Waals surface area contributed by atoms with E-state index >= 15 is 0 Å². The third kappa shape index (κ3) is 3.26. The van der Waals surface area contributed by atoms with E-state index in [0.29, 0.717) is 12.5 Å². The van der Waals surface area contributed by atoms with Gasteiger partial charge in [0.2, 0.25) is 5.82 Å². The van der Waals surface area contributed by atoms with Gasteiger partial charge in [-0.05, 0) is 26.2 Å². The molecule has 0 saturated heterocycles. The molecule has 1 fully saturated rings. The van der Waals surface area contributed by atoms with Crippen molar-refractivity contribution in [2.75, 3.05) is 13.7 Å². The van der Waals surface area contributed by atoms with Crippen LogP contribution in [0.15, 0.2) is 0 Å². The number of hydrogen-bond donors (Lipinski definition) is 2. The summed E-state index contributed by atoms with van der Waals surface area (Å²) >= 11 is 0. The number of rotatable bonds is 6. The third-order valence-electron chi connectivity index (χ3n) is 2.80. The normalized spacial score (nSPS) is 16.8. The van der Waals surface area contributed by atoms with E-state index in [4.69, 9.17) is 4.74 Å². The van der Waals surface area contributed by atoms with Crippen molar-refractivity contribution in [3.05, 3.63) is 11.6 Å². The minimum atomic E-state index is -0.225. The number of aromatic nitrogens is 3. The fourth-order valence-electron chi connectivity index (χ4n) is 1.57. The highest BCUT2D eigenvalue weighted by molar-refractivity contribution is 5.90. The van der Waals surface area contributed by atoms with Crippen LogP contribution in [0, 0.1) is 0 Å². The van der Waals surface area contributed by atoms with Crippen LogP contribution in [0.3, 0.4) is 0 Å². The summed E-state index contributed by atoms with van der Waals surface area (Å²) in [5.41, 5.74) is 0. The summed E-state index contributed by atoms with van der Waals surface area (Å²) in [6.07, 6.45) is 3.06. The van der Waals surface area contributed by atoms with Crippen molar-refractivity contribution in [2.24, 2.45) is 0 Å². The van der Waals surface area contributed by atoms with Crippen LogP contribution in [0.5, 0.6) is 0 Å². The van der Waals surface area contributed by atoms with Crippen LogP contribution in [-0.4, -0.2) is 40.8 Å². The standard InChI is InChI=1S/C11H18N4O2/c1-7(5-6-17-2)12-11(16)10-13-9(14-15-10)8-3-4-8/h7-8H,3-6H2,1-2H3,(H,12,16)(H,13,14,15). The molecule has 1 aliphatic rings. The first-order valence-electron chi connectivity index (χ1n) is 5.92. The van der Waals surface area contributed by atoms with E-state index in [0.717, 1.165) is 25.1 Å². The fourth-order valence-corrected chi connectivity index (χ4v) is 1.57. The highest BCUT2D eigenvalue weighted by Crippen LogP contribution is 2.37. The van der Waals surface area contributed by atoms with Crippen LogP contribution in [0.25, 0.3) is 0 Å². The largest absolute Gasteiger partial charge is 0.385 e. The van der Waals surface area contributed by atoms with Crippen LogP contribution in [-0.2, 0) is 4.74 Å². The fraction of sp³-hybridized carbons (Fsp3) is 0.727. The van der Waals surface area contributed by atoms with Crippen molar-refractivity contribution in [3.8, 4) is 0 Å². The maximum absolute atomic E-state index is 11.8. The molecule has 94 valence electrons. The molecule has 0 bridgehead atoms. The molecule has 1 heterocycles. The Morgan fingerprint density at radius 3 is 3.06 bits per heavy atom. The van der Waals surface area contributed by atoms with Crippen LogP contribution in [0.1, 0.15) is 48.5 Å². The molecule has 2 rings (SSSR count). The van der Waals surface area contributed by atoms with E-state index < -0.39 is 0 Å². The molecule has 1 atom stereocenters. The van der Waals surface area contributed by atoms with Gasteiger partial charge in [0.25, 0.3) is 5.91 Å². The average Bonchev–Trinajstić information content (AvgIpc) is 3.04. The summed E-state index contributed by atoms with van der Waals surface area (Å²) < 4.78 is 4.95. The molecule has 0 spiro atoms. The predicted octanol–water partition coefficient (Wildman–Crippen LogP) is 0.837. The van der Waals surface area contributed by atoms with E-state index in [-0.39, 0.29) is 17.8 Å². The molecule has 6 nitrogen and oxygen atoms in total. The number of H-pyrrole nitrogens is 1. The minimum Gasteiger partial charge on any atom is -0.385 e. The molecule has 0 aromatic carbocycles. The highest BCUT2D eigenvalue weighted by Gasteiger charge is 2.28. The lowest BCUT2D eigenvalue weighted by Crippen LogP contribution is -2.34. The number of ether oxygens (including phenoxy) is 1. The van der Waals surface area contributed by atoms with Crippen molar-refractivity contribution in [1.29, 1.82) is 0 Å². The van der Waals surface area contributed by atoms with E-state index in [9.17, 15) is 4.79 Å². The molecule has 1 aromatic heterocycles. The zero-order chi connectivity index (χ0) is 12.3. The first-order valence-corrected chi connectivity index (χ1v) is 5.92. The molecule has 2 N–H and O–H groups in total. The lowest BCUT2D eigenvalue weighted by Gasteiger charge is -2.11. The van der Waals surface area contributed by atoms with Crippen LogP contribution in [0.4, 0.5) is 0 Å². The molecule has 1 saturated carbocycles. The lowest BCUT2D eigenvalue weighted by atomic mass is 10.2. The van der Waals surface area contributed by atoms with Crippen molar-refractivity contribution in [2.45, 2.75) is 38.1 Å². The summed E-state index contributed by atoms with van der Waals surface area (Å²) in [6, 6.07) is 0.0605. The number of carbonyl (C=O) groups excluding carboxylic acids is 1. The molecular formula is C11H18N4O2. The third-order valence-corrected chi connectivity index (χ3v) is 2.80. The van der Waals surface area contributed by atoms with Gasteiger partial charge in [-0.2, -0.15) is 0 Å². The topological polar surface area (TPSA) is 79.9 Å². The van der Waals surface area contributed by atoms with Crippen molar-refractivity contribution in [3.63, 3.8) is 0 Å². The summed E-state index contributed by atoms with van der Waals surface area (Å²) in [6.45, 7) is 2.56. The first-order chi connectivity index (χ1) is 8.20. The minimum absolute atomic E-state index is 0.0605. The van der Waals surface area contributed by atoms with E-state index in [2.05, 4.69) is 20.5 Å². The predicted molar refractivity (Wildman–Crippen MR) is 61.8 cm³/mol. The van der Waals surface area contributed by atoms with Gasteiger partial charge >= 0.3 is 0 Å². The Hall–Kier alpha value is -1.43. The summed E-state index contributed by atoms with van der Waals surface area (Å²) in [7, 11) is 1.64. The second kappa shape index (κ2) is 5.27. The smallest absolute Gasteiger partial charge is 0.291 e. The molecule has 1 aromatic rings. The van der Waals surface area contributed by atoms with Crippen molar-refractivity contribution >= 4 is 5.91 Å². The Labute approximate surface area is 100 Å². The number of carbonyl (C=O) groups is 1. The van der Waals surface area contributed by atoms with Gasteiger partial charge in [0.15, 0.2) is 0 Å². The Balaban J connectivity index is 1.85.